The maximum Gasteiger partial charge on any atom is 0.0372 e. The van der Waals surface area contributed by atoms with Crippen LogP contribution < -0.4 is 10.6 Å². The molecule has 0 fully saturated rings. The number of hydrogen-bond donors (Lipinski definition) is 2. The molecule has 84 valence electrons. The van der Waals surface area contributed by atoms with Gasteiger partial charge in [-0.25, -0.2) is 0 Å². The van der Waals surface area contributed by atoms with E-state index in [4.69, 9.17) is 0 Å². The first kappa shape index (κ1) is 12.1. The molecule has 0 radical (unpaired) electrons. The van der Waals surface area contributed by atoms with E-state index in [1.54, 1.807) is 0 Å². The monoisotopic (exact) mass is 207 g/mol. The van der Waals surface area contributed by atoms with Crippen molar-refractivity contribution in [1.29, 1.82) is 0 Å². The largest absolute Gasteiger partial charge is 0.315 e. The molecule has 15 heavy (non-hydrogen) atoms. The van der Waals surface area contributed by atoms with Gasteiger partial charge in [-0.15, -0.1) is 0 Å². The summed E-state index contributed by atoms with van der Waals surface area (Å²) in [6.45, 7) is 8.24. The van der Waals surface area contributed by atoms with E-state index in [0.717, 1.165) is 31.9 Å². The van der Waals surface area contributed by atoms with Gasteiger partial charge < -0.3 is 10.6 Å². The number of aryl methyl sites for hydroxylation is 1. The van der Waals surface area contributed by atoms with Gasteiger partial charge in [-0.1, -0.05) is 13.0 Å². The Kier molecular flexibility index (Phi) is 5.97. The molecule has 1 rings (SSSR count). The van der Waals surface area contributed by atoms with Crippen LogP contribution in [-0.2, 0) is 6.54 Å². The molecule has 3 nitrogen and oxygen atoms in total. The number of aromatic nitrogens is 1. The van der Waals surface area contributed by atoms with Crippen LogP contribution in [0.5, 0.6) is 0 Å². The molecule has 1 aromatic heterocycles. The summed E-state index contributed by atoms with van der Waals surface area (Å²) in [5.41, 5.74) is 2.32. The Morgan fingerprint density at radius 3 is 2.60 bits per heavy atom. The van der Waals surface area contributed by atoms with Crippen LogP contribution in [-0.4, -0.2) is 24.6 Å². The quantitative estimate of drug-likeness (QED) is 0.665. The zero-order valence-corrected chi connectivity index (χ0v) is 9.71. The Hall–Kier alpha value is -0.930. The van der Waals surface area contributed by atoms with Crippen LogP contribution in [0.15, 0.2) is 18.3 Å². The number of hydrogen-bond acceptors (Lipinski definition) is 3. The van der Waals surface area contributed by atoms with E-state index in [1.165, 1.54) is 12.0 Å². The molecular formula is C12H21N3. The zero-order valence-electron chi connectivity index (χ0n) is 9.71. The molecule has 0 aliphatic heterocycles. The lowest BCUT2D eigenvalue weighted by molar-refractivity contribution is 0.606. The van der Waals surface area contributed by atoms with Crippen LogP contribution in [0.25, 0.3) is 0 Å². The molecule has 0 aliphatic carbocycles. The summed E-state index contributed by atoms with van der Waals surface area (Å²) in [7, 11) is 0. The predicted octanol–water partition coefficient (Wildman–Crippen LogP) is 1.48. The summed E-state index contributed by atoms with van der Waals surface area (Å²) in [6, 6.07) is 4.17. The molecule has 0 aliphatic rings. The van der Waals surface area contributed by atoms with Crippen LogP contribution in [0, 0.1) is 6.92 Å². The summed E-state index contributed by atoms with van der Waals surface area (Å²) >= 11 is 0. The normalized spacial score (nSPS) is 10.5. The highest BCUT2D eigenvalue weighted by molar-refractivity contribution is 5.12. The Balaban J connectivity index is 2.07. The summed E-state index contributed by atoms with van der Waals surface area (Å²) in [4.78, 5) is 4.25. The second kappa shape index (κ2) is 7.37. The molecule has 0 atom stereocenters. The van der Waals surface area contributed by atoms with Crippen LogP contribution in [0.1, 0.15) is 24.6 Å². The lowest BCUT2D eigenvalue weighted by Crippen LogP contribution is -2.27. The molecule has 0 bridgehead atoms. The minimum atomic E-state index is 0.904. The summed E-state index contributed by atoms with van der Waals surface area (Å²) < 4.78 is 0. The molecule has 3 heteroatoms. The van der Waals surface area contributed by atoms with E-state index in [2.05, 4.69) is 28.6 Å². The maximum absolute atomic E-state index is 4.25. The Bertz CT molecular complexity index is 256. The maximum atomic E-state index is 4.25. The molecule has 0 aromatic carbocycles. The topological polar surface area (TPSA) is 37.0 Å². The van der Waals surface area contributed by atoms with Crippen molar-refractivity contribution >= 4 is 0 Å². The molecule has 0 spiro atoms. The molecule has 1 heterocycles. The number of nitrogens with one attached hydrogen (secondary N) is 2. The molecular weight excluding hydrogens is 186 g/mol. The lowest BCUT2D eigenvalue weighted by atomic mass is 10.2. The van der Waals surface area contributed by atoms with E-state index < -0.39 is 0 Å². The van der Waals surface area contributed by atoms with Crippen molar-refractivity contribution < 1.29 is 0 Å². The highest BCUT2D eigenvalue weighted by atomic mass is 14.9. The smallest absolute Gasteiger partial charge is 0.0372 e. The molecule has 0 saturated heterocycles. The minimum Gasteiger partial charge on any atom is -0.315 e. The van der Waals surface area contributed by atoms with Crippen molar-refractivity contribution in [3.8, 4) is 0 Å². The van der Waals surface area contributed by atoms with Gasteiger partial charge in [0.25, 0.3) is 0 Å². The Labute approximate surface area is 92.3 Å². The third kappa shape index (κ3) is 5.50. The third-order valence-corrected chi connectivity index (χ3v) is 2.21. The third-order valence-electron chi connectivity index (χ3n) is 2.21. The highest BCUT2D eigenvalue weighted by Gasteiger charge is 1.92. The van der Waals surface area contributed by atoms with Gasteiger partial charge in [-0.2, -0.15) is 0 Å². The van der Waals surface area contributed by atoms with Crippen LogP contribution >= 0.6 is 0 Å². The van der Waals surface area contributed by atoms with Crippen molar-refractivity contribution in [2.75, 3.05) is 19.6 Å². The van der Waals surface area contributed by atoms with Crippen LogP contribution in [0.3, 0.4) is 0 Å². The van der Waals surface area contributed by atoms with Crippen LogP contribution in [0.2, 0.25) is 0 Å². The molecule has 1 aromatic rings. The van der Waals surface area contributed by atoms with Gasteiger partial charge in [0.1, 0.15) is 0 Å². The fourth-order valence-corrected chi connectivity index (χ4v) is 1.31. The summed E-state index contributed by atoms with van der Waals surface area (Å²) in [5.74, 6) is 0. The highest BCUT2D eigenvalue weighted by Crippen LogP contribution is 1.97. The van der Waals surface area contributed by atoms with Gasteiger partial charge in [-0.05, 0) is 31.5 Å². The van der Waals surface area contributed by atoms with Crippen molar-refractivity contribution in [1.82, 2.24) is 15.6 Å². The number of nitrogens with zero attached hydrogens (tertiary/aromatic N) is 1. The minimum absolute atomic E-state index is 0.904. The Morgan fingerprint density at radius 1 is 1.13 bits per heavy atom. The average Bonchev–Trinajstić information content (AvgIpc) is 2.26. The zero-order chi connectivity index (χ0) is 10.9. The second-order valence-electron chi connectivity index (χ2n) is 3.73. The molecule has 0 amide bonds. The van der Waals surface area contributed by atoms with Crippen molar-refractivity contribution in [3.63, 3.8) is 0 Å². The average molecular weight is 207 g/mol. The van der Waals surface area contributed by atoms with E-state index in [-0.39, 0.29) is 0 Å². The SMILES string of the molecule is CCCNCCNCc1ccc(C)nc1. The first-order valence-electron chi connectivity index (χ1n) is 5.66. The fraction of sp³-hybridized carbons (Fsp3) is 0.583. The van der Waals surface area contributed by atoms with Gasteiger partial charge >= 0.3 is 0 Å². The molecule has 0 saturated carbocycles. The lowest BCUT2D eigenvalue weighted by Gasteiger charge is -2.05. The summed E-state index contributed by atoms with van der Waals surface area (Å²) in [6.07, 6.45) is 3.13. The molecule has 0 unspecified atom stereocenters. The molecule has 2 N–H and O–H groups in total. The predicted molar refractivity (Wildman–Crippen MR) is 63.8 cm³/mol. The van der Waals surface area contributed by atoms with E-state index in [0.29, 0.717) is 0 Å². The van der Waals surface area contributed by atoms with E-state index in [1.807, 2.05) is 19.2 Å². The van der Waals surface area contributed by atoms with E-state index in [9.17, 15) is 0 Å². The first-order chi connectivity index (χ1) is 7.33. The van der Waals surface area contributed by atoms with Crippen molar-refractivity contribution in [3.05, 3.63) is 29.6 Å². The number of pyridine rings is 1. The standard InChI is InChI=1S/C12H21N3/c1-3-6-13-7-8-14-9-12-5-4-11(2)15-10-12/h4-5,10,13-14H,3,6-9H2,1-2H3. The Morgan fingerprint density at radius 2 is 1.93 bits per heavy atom. The van der Waals surface area contributed by atoms with Gasteiger partial charge in [0.15, 0.2) is 0 Å². The summed E-state index contributed by atoms with van der Waals surface area (Å²) in [5, 5.41) is 6.73. The van der Waals surface area contributed by atoms with Crippen molar-refractivity contribution in [2.24, 2.45) is 0 Å². The second-order valence-corrected chi connectivity index (χ2v) is 3.73. The van der Waals surface area contributed by atoms with Gasteiger partial charge in [0, 0.05) is 31.5 Å². The van der Waals surface area contributed by atoms with Gasteiger partial charge in [0.2, 0.25) is 0 Å². The van der Waals surface area contributed by atoms with E-state index >= 15 is 0 Å². The van der Waals surface area contributed by atoms with Crippen molar-refractivity contribution in [2.45, 2.75) is 26.8 Å². The van der Waals surface area contributed by atoms with Crippen LogP contribution in [0.4, 0.5) is 0 Å². The fourth-order valence-electron chi connectivity index (χ4n) is 1.31. The van der Waals surface area contributed by atoms with Gasteiger partial charge in [0.05, 0.1) is 0 Å². The number of rotatable bonds is 7. The first-order valence-corrected chi connectivity index (χ1v) is 5.66. The van der Waals surface area contributed by atoms with Gasteiger partial charge in [-0.3, -0.25) is 4.98 Å².